The Balaban J connectivity index is 2.10. The lowest BCUT2D eigenvalue weighted by Gasteiger charge is -2.09. The van der Waals surface area contributed by atoms with E-state index in [1.165, 1.54) is 6.92 Å². The smallest absolute Gasteiger partial charge is 0.302 e. The molecule has 0 aliphatic rings. The Hall–Kier alpha value is -1.50. The predicted octanol–water partition coefficient (Wildman–Crippen LogP) is 4.43. The van der Waals surface area contributed by atoms with Crippen LogP contribution in [0.2, 0.25) is 5.02 Å². The average molecular weight is 383 g/mol. The molecule has 136 valence electrons. The van der Waals surface area contributed by atoms with Crippen LogP contribution in [-0.2, 0) is 27.9 Å². The molecule has 0 fully saturated rings. The van der Waals surface area contributed by atoms with Crippen LogP contribution in [0.3, 0.4) is 0 Å². The third-order valence-electron chi connectivity index (χ3n) is 3.48. The van der Waals surface area contributed by atoms with E-state index >= 15 is 0 Å². The van der Waals surface area contributed by atoms with Crippen molar-refractivity contribution in [2.75, 3.05) is 13.2 Å². The first kappa shape index (κ1) is 19.8. The van der Waals surface area contributed by atoms with E-state index in [1.54, 1.807) is 11.8 Å². The Morgan fingerprint density at radius 1 is 1.36 bits per heavy atom. The van der Waals surface area contributed by atoms with Gasteiger partial charge in [0.2, 0.25) is 0 Å². The van der Waals surface area contributed by atoms with Crippen molar-refractivity contribution in [3.8, 4) is 0 Å². The number of carbonyl (C=O) groups is 1. The highest BCUT2D eigenvalue weighted by atomic mass is 35.5. The number of halogens is 1. The van der Waals surface area contributed by atoms with Gasteiger partial charge in [-0.1, -0.05) is 43.3 Å². The summed E-state index contributed by atoms with van der Waals surface area (Å²) in [5.41, 5.74) is 1.03. The number of nitrogens with zero attached hydrogens (tertiary/aromatic N) is 2. The van der Waals surface area contributed by atoms with Gasteiger partial charge in [-0.05, 0) is 24.1 Å². The molecule has 1 aromatic carbocycles. The molecular weight excluding hydrogens is 360 g/mol. The molecule has 0 N–H and O–H groups in total. The fourth-order valence-corrected chi connectivity index (χ4v) is 3.67. The first-order valence-corrected chi connectivity index (χ1v) is 9.28. The second-order valence-corrected chi connectivity index (χ2v) is 7.38. The second kappa shape index (κ2) is 9.27. The molecule has 0 amide bonds. The van der Waals surface area contributed by atoms with Gasteiger partial charge in [0.25, 0.3) is 0 Å². The molecule has 0 bridgehead atoms. The summed E-state index contributed by atoms with van der Waals surface area (Å²) in [6.07, 6.45) is 0. The van der Waals surface area contributed by atoms with Crippen LogP contribution in [0.25, 0.3) is 0 Å². The number of aromatic nitrogens is 2. The summed E-state index contributed by atoms with van der Waals surface area (Å²) in [6, 6.07) is 7.78. The van der Waals surface area contributed by atoms with E-state index in [0.29, 0.717) is 24.2 Å². The Bertz CT molecular complexity index is 731. The van der Waals surface area contributed by atoms with E-state index in [1.807, 2.05) is 35.9 Å². The molecular formula is C18H23ClN2O3S. The Kier molecular flexibility index (Phi) is 7.35. The topological polar surface area (TPSA) is 53.4 Å². The maximum Gasteiger partial charge on any atom is 0.302 e. The van der Waals surface area contributed by atoms with E-state index in [-0.39, 0.29) is 12.6 Å². The summed E-state index contributed by atoms with van der Waals surface area (Å²) in [7, 11) is 1.98. The average Bonchev–Trinajstić information content (AvgIpc) is 2.84. The zero-order valence-electron chi connectivity index (χ0n) is 14.9. The van der Waals surface area contributed by atoms with E-state index in [2.05, 4.69) is 13.8 Å². The SMILES string of the molecule is CC(=O)OCCOCc1nc(C(C)C)c(Sc2cccc(Cl)c2)n1C. The number of esters is 1. The molecule has 7 heteroatoms. The van der Waals surface area contributed by atoms with Crippen LogP contribution >= 0.6 is 23.4 Å². The predicted molar refractivity (Wildman–Crippen MR) is 99.2 cm³/mol. The van der Waals surface area contributed by atoms with Crippen LogP contribution in [0.1, 0.15) is 38.2 Å². The van der Waals surface area contributed by atoms with Crippen molar-refractivity contribution in [2.45, 2.75) is 43.2 Å². The van der Waals surface area contributed by atoms with Crippen molar-refractivity contribution < 1.29 is 14.3 Å². The van der Waals surface area contributed by atoms with E-state index < -0.39 is 0 Å². The fourth-order valence-electron chi connectivity index (χ4n) is 2.23. The molecule has 1 aromatic heterocycles. The molecule has 0 spiro atoms. The summed E-state index contributed by atoms with van der Waals surface area (Å²) in [6.45, 7) is 6.59. The van der Waals surface area contributed by atoms with Crippen LogP contribution in [0.4, 0.5) is 0 Å². The third kappa shape index (κ3) is 5.76. The maximum absolute atomic E-state index is 10.7. The first-order chi connectivity index (χ1) is 11.9. The minimum atomic E-state index is -0.303. The second-order valence-electron chi connectivity index (χ2n) is 5.88. The van der Waals surface area contributed by atoms with E-state index in [0.717, 1.165) is 21.4 Å². The normalized spacial score (nSPS) is 11.1. The summed E-state index contributed by atoms with van der Waals surface area (Å²) < 4.78 is 12.5. The van der Waals surface area contributed by atoms with Gasteiger partial charge in [-0.25, -0.2) is 4.98 Å². The van der Waals surface area contributed by atoms with Crippen LogP contribution in [0.5, 0.6) is 0 Å². The number of ether oxygens (including phenoxy) is 2. The lowest BCUT2D eigenvalue weighted by molar-refractivity contribution is -0.142. The molecule has 0 saturated carbocycles. The minimum absolute atomic E-state index is 0.251. The molecule has 1 heterocycles. The maximum atomic E-state index is 10.7. The van der Waals surface area contributed by atoms with Gasteiger partial charge >= 0.3 is 5.97 Å². The fraction of sp³-hybridized carbons (Fsp3) is 0.444. The van der Waals surface area contributed by atoms with Crippen molar-refractivity contribution in [3.05, 3.63) is 40.8 Å². The molecule has 2 rings (SSSR count). The van der Waals surface area contributed by atoms with Gasteiger partial charge in [0.15, 0.2) is 0 Å². The molecule has 0 aliphatic heterocycles. The highest BCUT2D eigenvalue weighted by Crippen LogP contribution is 2.35. The minimum Gasteiger partial charge on any atom is -0.463 e. The zero-order chi connectivity index (χ0) is 18.4. The summed E-state index contributed by atoms with van der Waals surface area (Å²) in [5, 5.41) is 1.79. The number of hydrogen-bond donors (Lipinski definition) is 0. The molecule has 0 aliphatic carbocycles. The summed E-state index contributed by atoms with van der Waals surface area (Å²) in [4.78, 5) is 16.6. The number of benzene rings is 1. The van der Waals surface area contributed by atoms with Crippen molar-refractivity contribution in [1.82, 2.24) is 9.55 Å². The Morgan fingerprint density at radius 3 is 2.76 bits per heavy atom. The summed E-state index contributed by atoms with van der Waals surface area (Å²) in [5.74, 6) is 0.835. The van der Waals surface area contributed by atoms with Crippen molar-refractivity contribution in [2.24, 2.45) is 7.05 Å². The van der Waals surface area contributed by atoms with Gasteiger partial charge in [-0.15, -0.1) is 0 Å². The van der Waals surface area contributed by atoms with Gasteiger partial charge in [-0.3, -0.25) is 4.79 Å². The van der Waals surface area contributed by atoms with E-state index in [4.69, 9.17) is 26.1 Å². The lowest BCUT2D eigenvalue weighted by atomic mass is 10.2. The van der Waals surface area contributed by atoms with Gasteiger partial charge in [0.05, 0.1) is 12.3 Å². The van der Waals surface area contributed by atoms with Gasteiger partial charge in [0, 0.05) is 23.9 Å². The van der Waals surface area contributed by atoms with Crippen LogP contribution in [-0.4, -0.2) is 28.7 Å². The lowest BCUT2D eigenvalue weighted by Crippen LogP contribution is -2.09. The van der Waals surface area contributed by atoms with Crippen LogP contribution in [0, 0.1) is 0 Å². The highest BCUT2D eigenvalue weighted by Gasteiger charge is 2.18. The number of rotatable bonds is 8. The summed E-state index contributed by atoms with van der Waals surface area (Å²) >= 11 is 7.73. The standard InChI is InChI=1S/C18H23ClN2O3S/c1-12(2)17-18(25-15-7-5-6-14(19)10-15)21(4)16(20-17)11-23-8-9-24-13(3)22/h5-7,10,12H,8-9,11H2,1-4H3. The van der Waals surface area contributed by atoms with Crippen molar-refractivity contribution in [3.63, 3.8) is 0 Å². The zero-order valence-corrected chi connectivity index (χ0v) is 16.5. The molecule has 2 aromatic rings. The quantitative estimate of drug-likeness (QED) is 0.499. The number of imidazole rings is 1. The van der Waals surface area contributed by atoms with Crippen molar-refractivity contribution in [1.29, 1.82) is 0 Å². The third-order valence-corrected chi connectivity index (χ3v) is 4.88. The molecule has 5 nitrogen and oxygen atoms in total. The van der Waals surface area contributed by atoms with Crippen molar-refractivity contribution >= 4 is 29.3 Å². The van der Waals surface area contributed by atoms with Gasteiger partial charge in [0.1, 0.15) is 24.1 Å². The molecule has 0 atom stereocenters. The molecule has 0 saturated heterocycles. The van der Waals surface area contributed by atoms with Gasteiger partial charge in [-0.2, -0.15) is 0 Å². The van der Waals surface area contributed by atoms with Crippen LogP contribution in [0.15, 0.2) is 34.2 Å². The molecule has 0 unspecified atom stereocenters. The molecule has 0 radical (unpaired) electrons. The van der Waals surface area contributed by atoms with Gasteiger partial charge < -0.3 is 14.0 Å². The molecule has 25 heavy (non-hydrogen) atoms. The monoisotopic (exact) mass is 382 g/mol. The number of hydrogen-bond acceptors (Lipinski definition) is 5. The van der Waals surface area contributed by atoms with Crippen LogP contribution < -0.4 is 0 Å². The first-order valence-electron chi connectivity index (χ1n) is 8.08. The highest BCUT2D eigenvalue weighted by molar-refractivity contribution is 7.99. The largest absolute Gasteiger partial charge is 0.463 e. The Labute approximate surface area is 157 Å². The Morgan fingerprint density at radius 2 is 2.12 bits per heavy atom. The van der Waals surface area contributed by atoms with E-state index in [9.17, 15) is 4.79 Å². The number of carbonyl (C=O) groups excluding carboxylic acids is 1.